The number of nitriles is 1. The number of carbonyl (C=O) groups excluding carboxylic acids is 1. The number of hydrogen-bond donors (Lipinski definition) is 2. The first-order valence-electron chi connectivity index (χ1n) is 12.5. The van der Waals surface area contributed by atoms with Gasteiger partial charge in [-0.1, -0.05) is 26.8 Å². The number of nitrogens with zero attached hydrogens (tertiary/aromatic N) is 3. The average molecular weight is 585 g/mol. The summed E-state index contributed by atoms with van der Waals surface area (Å²) >= 11 is 0. The zero-order chi connectivity index (χ0) is 26.7. The first-order chi connectivity index (χ1) is 17.6. The van der Waals surface area contributed by atoms with Gasteiger partial charge in [-0.05, 0) is 42.9 Å². The third-order valence-corrected chi connectivity index (χ3v) is 6.45. The predicted octanol–water partition coefficient (Wildman–Crippen LogP) is 5.00. The quantitative estimate of drug-likeness (QED) is 0.278. The highest BCUT2D eigenvalue weighted by Gasteiger charge is 2.32. The molecular formula is C28H33BrN4O5. The summed E-state index contributed by atoms with van der Waals surface area (Å²) in [5, 5.41) is 26.6. The van der Waals surface area contributed by atoms with Crippen LogP contribution in [0.2, 0.25) is 0 Å². The smallest absolute Gasteiger partial charge is 0.341 e. The van der Waals surface area contributed by atoms with Crippen molar-refractivity contribution >= 4 is 34.6 Å². The molecule has 0 saturated heterocycles. The van der Waals surface area contributed by atoms with Gasteiger partial charge in [0.15, 0.2) is 23.9 Å². The van der Waals surface area contributed by atoms with Gasteiger partial charge in [-0.15, -0.1) is 17.0 Å². The van der Waals surface area contributed by atoms with Gasteiger partial charge < -0.3 is 19.5 Å². The maximum absolute atomic E-state index is 13.5. The van der Waals surface area contributed by atoms with Crippen molar-refractivity contribution in [1.29, 1.82) is 10.7 Å². The number of nitrogens with one attached hydrogen (secondary N) is 1. The molecule has 1 aromatic carbocycles. The fraction of sp³-hybridized carbons (Fsp3) is 0.464. The predicted molar refractivity (Wildman–Crippen MR) is 147 cm³/mol. The lowest BCUT2D eigenvalue weighted by Gasteiger charge is -2.26. The van der Waals surface area contributed by atoms with E-state index < -0.39 is 18.0 Å². The molecule has 0 spiro atoms. The fourth-order valence-electron chi connectivity index (χ4n) is 4.32. The summed E-state index contributed by atoms with van der Waals surface area (Å²) in [4.78, 5) is 31.1. The van der Waals surface area contributed by atoms with Crippen molar-refractivity contribution in [2.24, 2.45) is 0 Å². The standard InChI is InChI=1S/C28H32N4O5.BrH/c1-28(2,3)20-12-19(13-23(36-11-5-4-10-29)26(20)37-16-24(34)35)22(33)15-32-14-18-8-9-21(17-6-7-17)31-25(18)27(32)30;/h8-9,12-13,17,30H,4-7,11,14-16H2,1-3H3,(H,34,35);1H. The van der Waals surface area contributed by atoms with Gasteiger partial charge >= 0.3 is 5.97 Å². The van der Waals surface area contributed by atoms with E-state index in [0.29, 0.717) is 42.1 Å². The van der Waals surface area contributed by atoms with Crippen LogP contribution in [0.5, 0.6) is 11.5 Å². The van der Waals surface area contributed by atoms with Crippen molar-refractivity contribution in [1.82, 2.24) is 9.88 Å². The van der Waals surface area contributed by atoms with Crippen LogP contribution in [-0.2, 0) is 16.8 Å². The molecule has 1 aliphatic carbocycles. The summed E-state index contributed by atoms with van der Waals surface area (Å²) in [6.07, 6.45) is 3.05. The summed E-state index contributed by atoms with van der Waals surface area (Å²) in [6.45, 7) is 5.95. The highest BCUT2D eigenvalue weighted by Crippen LogP contribution is 2.41. The Bertz CT molecular complexity index is 1280. The number of ketones is 1. The van der Waals surface area contributed by atoms with Crippen LogP contribution in [0.15, 0.2) is 24.3 Å². The number of benzene rings is 1. The van der Waals surface area contributed by atoms with E-state index in [2.05, 4.69) is 6.07 Å². The van der Waals surface area contributed by atoms with Crippen LogP contribution in [-0.4, -0.2) is 52.3 Å². The van der Waals surface area contributed by atoms with Crippen LogP contribution >= 0.6 is 17.0 Å². The van der Waals surface area contributed by atoms with Gasteiger partial charge in [-0.3, -0.25) is 10.2 Å². The number of carboxylic acid groups (broad SMARTS) is 1. The van der Waals surface area contributed by atoms with Crippen molar-refractivity contribution in [2.75, 3.05) is 19.8 Å². The first-order valence-corrected chi connectivity index (χ1v) is 12.5. The highest BCUT2D eigenvalue weighted by molar-refractivity contribution is 8.93. The van der Waals surface area contributed by atoms with Crippen LogP contribution in [0, 0.1) is 16.7 Å². The number of pyridine rings is 1. The SMILES string of the molecule is Br.CC(C)(C)c1cc(C(=O)CN2Cc3ccc(C4CC4)nc3C2=N)cc(OCCCC#N)c1OCC(=O)O. The van der Waals surface area contributed by atoms with Gasteiger partial charge in [0, 0.05) is 41.3 Å². The number of rotatable bonds is 11. The molecule has 202 valence electrons. The Kier molecular flexibility index (Phi) is 9.15. The fourth-order valence-corrected chi connectivity index (χ4v) is 4.32. The molecule has 1 aliphatic heterocycles. The minimum atomic E-state index is -1.12. The number of ether oxygens (including phenoxy) is 2. The molecule has 1 saturated carbocycles. The maximum atomic E-state index is 13.5. The van der Waals surface area contributed by atoms with E-state index in [0.717, 1.165) is 24.1 Å². The second-order valence-electron chi connectivity index (χ2n) is 10.5. The molecule has 1 fully saturated rings. The van der Waals surface area contributed by atoms with E-state index in [1.54, 1.807) is 17.0 Å². The van der Waals surface area contributed by atoms with Gasteiger partial charge in [0.2, 0.25) is 0 Å². The largest absolute Gasteiger partial charge is 0.490 e. The minimum absolute atomic E-state index is 0. The average Bonchev–Trinajstić information content (AvgIpc) is 3.65. The van der Waals surface area contributed by atoms with E-state index >= 15 is 0 Å². The van der Waals surface area contributed by atoms with E-state index in [1.807, 2.05) is 32.9 Å². The zero-order valence-corrected chi connectivity index (χ0v) is 23.6. The number of amidine groups is 1. The van der Waals surface area contributed by atoms with Gasteiger partial charge in [0.25, 0.3) is 0 Å². The van der Waals surface area contributed by atoms with Crippen LogP contribution in [0.25, 0.3) is 0 Å². The summed E-state index contributed by atoms with van der Waals surface area (Å²) in [5.74, 6) is -0.0421. The van der Waals surface area contributed by atoms with E-state index in [1.165, 1.54) is 0 Å². The molecule has 0 bridgehead atoms. The van der Waals surface area contributed by atoms with Crippen molar-refractivity contribution in [3.8, 4) is 17.6 Å². The van der Waals surface area contributed by atoms with Crippen LogP contribution in [0.1, 0.15) is 85.2 Å². The molecule has 4 rings (SSSR count). The Morgan fingerprint density at radius 3 is 2.61 bits per heavy atom. The highest BCUT2D eigenvalue weighted by atomic mass is 79.9. The second-order valence-corrected chi connectivity index (χ2v) is 10.5. The molecule has 9 nitrogen and oxygen atoms in total. The normalized spacial score (nSPS) is 14.4. The Morgan fingerprint density at radius 1 is 1.24 bits per heavy atom. The molecule has 2 aromatic rings. The maximum Gasteiger partial charge on any atom is 0.341 e. The summed E-state index contributed by atoms with van der Waals surface area (Å²) in [5.41, 5.74) is 3.16. The van der Waals surface area contributed by atoms with Crippen molar-refractivity contribution < 1.29 is 24.2 Å². The Hall–Kier alpha value is -3.45. The molecule has 38 heavy (non-hydrogen) atoms. The zero-order valence-electron chi connectivity index (χ0n) is 21.9. The van der Waals surface area contributed by atoms with Crippen LogP contribution < -0.4 is 9.47 Å². The Morgan fingerprint density at radius 2 is 1.97 bits per heavy atom. The van der Waals surface area contributed by atoms with Crippen molar-refractivity contribution in [3.63, 3.8) is 0 Å². The third kappa shape index (κ3) is 6.70. The van der Waals surface area contributed by atoms with E-state index in [-0.39, 0.29) is 53.3 Å². The Labute approximate surface area is 233 Å². The lowest BCUT2D eigenvalue weighted by Crippen LogP contribution is -2.30. The number of fused-ring (bicyclic) bond motifs is 1. The van der Waals surface area contributed by atoms with Gasteiger partial charge in [0.1, 0.15) is 11.5 Å². The van der Waals surface area contributed by atoms with Crippen LogP contribution in [0.3, 0.4) is 0 Å². The number of Topliss-reactive ketones (excluding diaryl/α,β-unsaturated/α-hetero) is 1. The number of halogens is 1. The lowest BCUT2D eigenvalue weighted by molar-refractivity contribution is -0.139. The van der Waals surface area contributed by atoms with Gasteiger partial charge in [-0.2, -0.15) is 5.26 Å². The molecule has 0 amide bonds. The lowest BCUT2D eigenvalue weighted by atomic mass is 9.84. The molecule has 2 heterocycles. The van der Waals surface area contributed by atoms with E-state index in [9.17, 15) is 14.7 Å². The topological polar surface area (TPSA) is 137 Å². The molecule has 10 heteroatoms. The van der Waals surface area contributed by atoms with Crippen molar-refractivity contribution in [2.45, 2.75) is 64.3 Å². The summed E-state index contributed by atoms with van der Waals surface area (Å²) < 4.78 is 11.5. The molecule has 2 aliphatic rings. The van der Waals surface area contributed by atoms with Gasteiger partial charge in [-0.25, -0.2) is 9.78 Å². The summed E-state index contributed by atoms with van der Waals surface area (Å²) in [7, 11) is 0. The van der Waals surface area contributed by atoms with E-state index in [4.69, 9.17) is 25.1 Å². The van der Waals surface area contributed by atoms with Crippen LogP contribution in [0.4, 0.5) is 0 Å². The number of carbonyl (C=O) groups is 2. The molecule has 1 aromatic heterocycles. The minimum Gasteiger partial charge on any atom is -0.490 e. The first kappa shape index (κ1) is 29.1. The monoisotopic (exact) mass is 584 g/mol. The number of unbranched alkanes of at least 4 members (excludes halogenated alkanes) is 1. The molecule has 0 atom stereocenters. The molecule has 0 radical (unpaired) electrons. The van der Waals surface area contributed by atoms with Gasteiger partial charge in [0.05, 0.1) is 19.2 Å². The second kappa shape index (κ2) is 11.9. The number of hydrogen-bond acceptors (Lipinski definition) is 7. The van der Waals surface area contributed by atoms with Crippen molar-refractivity contribution in [3.05, 3.63) is 52.3 Å². The summed E-state index contributed by atoms with van der Waals surface area (Å²) in [6, 6.07) is 9.38. The number of carboxylic acids is 1. The third-order valence-electron chi connectivity index (χ3n) is 6.45. The Balaban J connectivity index is 0.00000400. The molecular weight excluding hydrogens is 552 g/mol. The molecule has 0 unspecified atom stereocenters. The molecule has 2 N–H and O–H groups in total. The number of aromatic nitrogens is 1. The number of aliphatic carboxylic acids is 1.